The minimum absolute atomic E-state index is 0.0208. The Morgan fingerprint density at radius 3 is 2.64 bits per heavy atom. The van der Waals surface area contributed by atoms with Gasteiger partial charge in [0.15, 0.2) is 11.5 Å². The van der Waals surface area contributed by atoms with Crippen LogP contribution >= 0.6 is 0 Å². The van der Waals surface area contributed by atoms with Crippen molar-refractivity contribution in [3.8, 4) is 17.2 Å². The second-order valence-corrected chi connectivity index (χ2v) is 7.76. The first-order valence-electron chi connectivity index (χ1n) is 10.4. The molecule has 0 bridgehead atoms. The van der Waals surface area contributed by atoms with Crippen LogP contribution in [-0.4, -0.2) is 18.1 Å². The van der Waals surface area contributed by atoms with Gasteiger partial charge in [0, 0.05) is 16.9 Å². The van der Waals surface area contributed by atoms with Crippen LogP contribution in [0.5, 0.6) is 17.2 Å². The van der Waals surface area contributed by atoms with Gasteiger partial charge in [-0.3, -0.25) is 9.59 Å². The van der Waals surface area contributed by atoms with E-state index in [1.54, 1.807) is 54.6 Å². The summed E-state index contributed by atoms with van der Waals surface area (Å²) in [6.07, 6.45) is 0.0208. The highest BCUT2D eigenvalue weighted by molar-refractivity contribution is 5.91. The van der Waals surface area contributed by atoms with Crippen molar-refractivity contribution >= 4 is 16.9 Å². The predicted octanol–water partition coefficient (Wildman–Crippen LogP) is 4.70. The lowest BCUT2D eigenvalue weighted by Crippen LogP contribution is -2.28. The fourth-order valence-electron chi connectivity index (χ4n) is 4.15. The van der Waals surface area contributed by atoms with Crippen molar-refractivity contribution in [2.45, 2.75) is 18.9 Å². The van der Waals surface area contributed by atoms with Gasteiger partial charge in [-0.15, -0.1) is 0 Å². The van der Waals surface area contributed by atoms with Crippen LogP contribution in [0.1, 0.15) is 29.0 Å². The number of pyridine rings is 1. The minimum Gasteiger partial charge on any atom is -0.493 e. The second kappa shape index (κ2) is 8.43. The molecule has 1 aromatic heterocycles. The van der Waals surface area contributed by atoms with E-state index in [-0.39, 0.29) is 30.2 Å². The molecule has 0 radical (unpaired) electrons. The summed E-state index contributed by atoms with van der Waals surface area (Å²) in [5.41, 5.74) is 1.83. The first-order valence-corrected chi connectivity index (χ1v) is 10.4. The summed E-state index contributed by atoms with van der Waals surface area (Å²) in [4.78, 5) is 28.3. The fourth-order valence-corrected chi connectivity index (χ4v) is 4.15. The molecule has 0 amide bonds. The molecule has 7 heteroatoms. The second-order valence-electron chi connectivity index (χ2n) is 7.76. The number of aromatic nitrogens is 1. The maximum atomic E-state index is 13.9. The van der Waals surface area contributed by atoms with Crippen LogP contribution in [0.3, 0.4) is 0 Å². The summed E-state index contributed by atoms with van der Waals surface area (Å²) in [5.74, 6) is -0.144. The number of carbonyl (C=O) groups is 1. The predicted molar refractivity (Wildman–Crippen MR) is 120 cm³/mol. The SMILES string of the molecule is COc1cc(C2CC(=O)Oc3c2c(=O)[nH]c2ccccc32)ccc1OCc1ccccc1F. The Morgan fingerprint density at radius 1 is 1.03 bits per heavy atom. The zero-order valence-electron chi connectivity index (χ0n) is 17.8. The summed E-state index contributed by atoms with van der Waals surface area (Å²) in [6, 6.07) is 18.8. The van der Waals surface area contributed by atoms with Crippen LogP contribution < -0.4 is 19.8 Å². The lowest BCUT2D eigenvalue weighted by molar-refractivity contribution is -0.135. The summed E-state index contributed by atoms with van der Waals surface area (Å²) in [7, 11) is 1.50. The van der Waals surface area contributed by atoms with E-state index in [1.165, 1.54) is 13.2 Å². The van der Waals surface area contributed by atoms with Gasteiger partial charge in [-0.05, 0) is 35.9 Å². The average molecular weight is 445 g/mol. The van der Waals surface area contributed by atoms with E-state index < -0.39 is 11.9 Å². The topological polar surface area (TPSA) is 77.6 Å². The van der Waals surface area contributed by atoms with Crippen molar-refractivity contribution < 1.29 is 23.4 Å². The molecule has 0 saturated carbocycles. The van der Waals surface area contributed by atoms with Crippen molar-refractivity contribution in [3.05, 3.63) is 99.6 Å². The van der Waals surface area contributed by atoms with Crippen LogP contribution in [0, 0.1) is 5.82 Å². The third-order valence-electron chi connectivity index (χ3n) is 5.78. The largest absolute Gasteiger partial charge is 0.493 e. The van der Waals surface area contributed by atoms with E-state index in [0.717, 1.165) is 0 Å². The number of carbonyl (C=O) groups excluding carboxylic acids is 1. The monoisotopic (exact) mass is 445 g/mol. The summed E-state index contributed by atoms with van der Waals surface area (Å²) in [6.45, 7) is 0.0344. The van der Waals surface area contributed by atoms with E-state index in [1.807, 2.05) is 6.07 Å². The molecule has 0 aliphatic carbocycles. The standard InChI is InChI=1S/C26H20FNO5/c1-31-22-12-15(10-11-21(22)32-14-16-6-2-4-8-19(16)27)18-13-23(29)33-25-17-7-3-5-9-20(17)28-26(30)24(18)25/h2-12,18H,13-14H2,1H3,(H,28,30). The number of H-pyrrole nitrogens is 1. The van der Waals surface area contributed by atoms with Crippen molar-refractivity contribution in [1.29, 1.82) is 0 Å². The first kappa shape index (κ1) is 20.8. The van der Waals surface area contributed by atoms with Crippen LogP contribution in [0.2, 0.25) is 0 Å². The molecule has 166 valence electrons. The van der Waals surface area contributed by atoms with Gasteiger partial charge in [-0.1, -0.05) is 36.4 Å². The molecule has 4 aromatic rings. The van der Waals surface area contributed by atoms with E-state index in [9.17, 15) is 14.0 Å². The van der Waals surface area contributed by atoms with Gasteiger partial charge in [0.1, 0.15) is 18.2 Å². The maximum Gasteiger partial charge on any atom is 0.312 e. The zero-order valence-corrected chi connectivity index (χ0v) is 17.8. The van der Waals surface area contributed by atoms with Gasteiger partial charge < -0.3 is 19.2 Å². The third-order valence-corrected chi connectivity index (χ3v) is 5.78. The lowest BCUT2D eigenvalue weighted by Gasteiger charge is -2.25. The Hall–Kier alpha value is -4.13. The van der Waals surface area contributed by atoms with Gasteiger partial charge in [0.25, 0.3) is 5.56 Å². The fraction of sp³-hybridized carbons (Fsp3) is 0.154. The number of rotatable bonds is 5. The van der Waals surface area contributed by atoms with Gasteiger partial charge >= 0.3 is 5.97 Å². The van der Waals surface area contributed by atoms with Gasteiger partial charge in [0.05, 0.1) is 24.6 Å². The van der Waals surface area contributed by atoms with Gasteiger partial charge in [-0.25, -0.2) is 4.39 Å². The van der Waals surface area contributed by atoms with Crippen molar-refractivity contribution in [1.82, 2.24) is 4.98 Å². The number of hydrogen-bond acceptors (Lipinski definition) is 5. The van der Waals surface area contributed by atoms with Crippen LogP contribution in [-0.2, 0) is 11.4 Å². The number of halogens is 1. The Labute approximate surface area is 188 Å². The molecule has 1 N–H and O–H groups in total. The number of methoxy groups -OCH3 is 1. The molecule has 3 aromatic carbocycles. The molecule has 0 fully saturated rings. The normalized spacial score (nSPS) is 15.1. The van der Waals surface area contributed by atoms with E-state index in [0.29, 0.717) is 39.1 Å². The van der Waals surface area contributed by atoms with Gasteiger partial charge in [0.2, 0.25) is 0 Å². The quantitative estimate of drug-likeness (QED) is 0.451. The molecule has 1 aliphatic rings. The first-order chi connectivity index (χ1) is 16.0. The molecule has 5 rings (SSSR count). The number of fused-ring (bicyclic) bond motifs is 3. The number of ether oxygens (including phenoxy) is 3. The molecule has 1 unspecified atom stereocenters. The smallest absolute Gasteiger partial charge is 0.312 e. The molecular weight excluding hydrogens is 425 g/mol. The van der Waals surface area contributed by atoms with E-state index in [4.69, 9.17) is 14.2 Å². The molecule has 0 spiro atoms. The highest BCUT2D eigenvalue weighted by Gasteiger charge is 2.33. The third kappa shape index (κ3) is 3.82. The molecule has 1 aliphatic heterocycles. The Morgan fingerprint density at radius 2 is 1.82 bits per heavy atom. The molecule has 33 heavy (non-hydrogen) atoms. The minimum atomic E-state index is -0.510. The summed E-state index contributed by atoms with van der Waals surface area (Å²) < 4.78 is 30.7. The van der Waals surface area contributed by atoms with Gasteiger partial charge in [-0.2, -0.15) is 0 Å². The molecule has 0 saturated heterocycles. The van der Waals surface area contributed by atoms with Crippen molar-refractivity contribution in [2.75, 3.05) is 7.11 Å². The van der Waals surface area contributed by atoms with Crippen LogP contribution in [0.15, 0.2) is 71.5 Å². The summed E-state index contributed by atoms with van der Waals surface area (Å²) in [5, 5.41) is 0.668. The highest BCUT2D eigenvalue weighted by Crippen LogP contribution is 2.42. The molecular formula is C26H20FNO5. The lowest BCUT2D eigenvalue weighted by atomic mass is 9.86. The number of aromatic amines is 1. The van der Waals surface area contributed by atoms with Crippen LogP contribution in [0.4, 0.5) is 4.39 Å². The van der Waals surface area contributed by atoms with E-state index >= 15 is 0 Å². The molecule has 6 nitrogen and oxygen atoms in total. The Kier molecular flexibility index (Phi) is 5.30. The average Bonchev–Trinajstić information content (AvgIpc) is 2.83. The molecule has 1 atom stereocenters. The maximum absolute atomic E-state index is 13.9. The number of benzene rings is 3. The van der Waals surface area contributed by atoms with Crippen LogP contribution in [0.25, 0.3) is 10.9 Å². The van der Waals surface area contributed by atoms with E-state index in [2.05, 4.69) is 4.98 Å². The zero-order chi connectivity index (χ0) is 22.9. The summed E-state index contributed by atoms with van der Waals surface area (Å²) >= 11 is 0. The van der Waals surface area contributed by atoms with Crippen molar-refractivity contribution in [3.63, 3.8) is 0 Å². The van der Waals surface area contributed by atoms with Crippen molar-refractivity contribution in [2.24, 2.45) is 0 Å². The Bertz CT molecular complexity index is 1430. The Balaban J connectivity index is 1.53. The highest BCUT2D eigenvalue weighted by atomic mass is 19.1. The number of para-hydroxylation sites is 1. The molecule has 2 heterocycles. The number of nitrogens with one attached hydrogen (secondary N) is 1. The number of hydrogen-bond donors (Lipinski definition) is 1. The number of esters is 1.